The number of nitrogens with one attached hydrogen (secondary N) is 2. The molecule has 0 bridgehead atoms. The fourth-order valence-electron chi connectivity index (χ4n) is 1.61. The molecule has 1 atom stereocenters. The highest BCUT2D eigenvalue weighted by Gasteiger charge is 2.19. The molecule has 0 aliphatic heterocycles. The third kappa shape index (κ3) is 3.57. The SMILES string of the molecule is CC(CCO)CNc1cccc(NN)c1[N+](=O)[O-]. The molecular formula is C11H18N4O3. The molecule has 5 N–H and O–H groups in total. The monoisotopic (exact) mass is 254 g/mol. The smallest absolute Gasteiger partial charge is 0.316 e. The Morgan fingerprint density at radius 2 is 2.17 bits per heavy atom. The number of hydrogen-bond donors (Lipinski definition) is 4. The first-order valence-electron chi connectivity index (χ1n) is 5.69. The summed E-state index contributed by atoms with van der Waals surface area (Å²) in [5, 5.41) is 22.8. The molecule has 100 valence electrons. The third-order valence-electron chi connectivity index (χ3n) is 2.64. The second-order valence-corrected chi connectivity index (χ2v) is 4.10. The first-order chi connectivity index (χ1) is 8.60. The van der Waals surface area contributed by atoms with Crippen LogP contribution in [0.4, 0.5) is 17.1 Å². The van der Waals surface area contributed by atoms with Crippen molar-refractivity contribution < 1.29 is 10.0 Å². The molecule has 0 aliphatic rings. The molecule has 0 spiro atoms. The molecule has 0 radical (unpaired) electrons. The van der Waals surface area contributed by atoms with Crippen molar-refractivity contribution in [1.29, 1.82) is 0 Å². The molecule has 1 aromatic rings. The molecule has 7 heteroatoms. The Kier molecular flexibility index (Phi) is 5.34. The van der Waals surface area contributed by atoms with E-state index in [9.17, 15) is 10.1 Å². The molecule has 1 rings (SSSR count). The maximum Gasteiger partial charge on any atom is 0.316 e. The van der Waals surface area contributed by atoms with Gasteiger partial charge in [-0.3, -0.25) is 16.0 Å². The van der Waals surface area contributed by atoms with Crippen LogP contribution in [0.2, 0.25) is 0 Å². The van der Waals surface area contributed by atoms with Crippen molar-refractivity contribution in [2.24, 2.45) is 11.8 Å². The normalized spacial score (nSPS) is 11.9. The molecule has 0 aromatic heterocycles. The van der Waals surface area contributed by atoms with Gasteiger partial charge in [-0.05, 0) is 24.5 Å². The van der Waals surface area contributed by atoms with Crippen LogP contribution in [0.1, 0.15) is 13.3 Å². The summed E-state index contributed by atoms with van der Waals surface area (Å²) in [5.41, 5.74) is 2.92. The minimum atomic E-state index is -0.478. The average Bonchev–Trinajstić information content (AvgIpc) is 2.35. The van der Waals surface area contributed by atoms with Crippen LogP contribution in [0.15, 0.2) is 18.2 Å². The summed E-state index contributed by atoms with van der Waals surface area (Å²) in [6.07, 6.45) is 0.648. The second kappa shape index (κ2) is 6.77. The number of aliphatic hydroxyl groups is 1. The number of anilines is 2. The van der Waals surface area contributed by atoms with Gasteiger partial charge in [0.25, 0.3) is 0 Å². The van der Waals surface area contributed by atoms with E-state index >= 15 is 0 Å². The Hall–Kier alpha value is -1.86. The fraction of sp³-hybridized carbons (Fsp3) is 0.455. The Morgan fingerprint density at radius 1 is 1.50 bits per heavy atom. The van der Waals surface area contributed by atoms with E-state index in [1.165, 1.54) is 0 Å². The van der Waals surface area contributed by atoms with E-state index in [-0.39, 0.29) is 23.9 Å². The first kappa shape index (κ1) is 14.2. The van der Waals surface area contributed by atoms with Crippen LogP contribution in [-0.4, -0.2) is 23.2 Å². The number of nitro groups is 1. The summed E-state index contributed by atoms with van der Waals surface area (Å²) in [6, 6.07) is 4.85. The van der Waals surface area contributed by atoms with Gasteiger partial charge in [0.15, 0.2) is 0 Å². The van der Waals surface area contributed by atoms with E-state index in [1.807, 2.05) is 6.92 Å². The molecule has 0 aliphatic carbocycles. The van der Waals surface area contributed by atoms with Crippen molar-refractivity contribution in [2.75, 3.05) is 23.9 Å². The number of nitrogen functional groups attached to an aromatic ring is 1. The fourth-order valence-corrected chi connectivity index (χ4v) is 1.61. The zero-order valence-electron chi connectivity index (χ0n) is 10.2. The molecule has 0 fully saturated rings. The number of aliphatic hydroxyl groups excluding tert-OH is 1. The average molecular weight is 254 g/mol. The van der Waals surface area contributed by atoms with Gasteiger partial charge in [0.05, 0.1) is 4.92 Å². The van der Waals surface area contributed by atoms with E-state index in [0.29, 0.717) is 18.7 Å². The largest absolute Gasteiger partial charge is 0.396 e. The lowest BCUT2D eigenvalue weighted by atomic mass is 10.1. The van der Waals surface area contributed by atoms with Crippen LogP contribution in [0.5, 0.6) is 0 Å². The maximum absolute atomic E-state index is 11.0. The highest BCUT2D eigenvalue weighted by Crippen LogP contribution is 2.32. The molecule has 7 nitrogen and oxygen atoms in total. The van der Waals surface area contributed by atoms with Gasteiger partial charge in [0.2, 0.25) is 0 Å². The number of hydrazine groups is 1. The number of benzene rings is 1. The predicted molar refractivity (Wildman–Crippen MR) is 70.3 cm³/mol. The minimum absolute atomic E-state index is 0.0730. The molecule has 18 heavy (non-hydrogen) atoms. The molecule has 0 heterocycles. The van der Waals surface area contributed by atoms with E-state index in [0.717, 1.165) is 0 Å². The van der Waals surface area contributed by atoms with Gasteiger partial charge in [-0.25, -0.2) is 0 Å². The topological polar surface area (TPSA) is 113 Å². The quantitative estimate of drug-likeness (QED) is 0.331. The van der Waals surface area contributed by atoms with Gasteiger partial charge >= 0.3 is 5.69 Å². The number of rotatable bonds is 7. The van der Waals surface area contributed by atoms with Crippen molar-refractivity contribution in [2.45, 2.75) is 13.3 Å². The number of nitrogens with zero attached hydrogens (tertiary/aromatic N) is 1. The van der Waals surface area contributed by atoms with Crippen LogP contribution in [0, 0.1) is 16.0 Å². The van der Waals surface area contributed by atoms with Crippen molar-refractivity contribution in [3.05, 3.63) is 28.3 Å². The molecular weight excluding hydrogens is 236 g/mol. The van der Waals surface area contributed by atoms with E-state index in [1.54, 1.807) is 18.2 Å². The second-order valence-electron chi connectivity index (χ2n) is 4.10. The van der Waals surface area contributed by atoms with E-state index in [4.69, 9.17) is 10.9 Å². The first-order valence-corrected chi connectivity index (χ1v) is 5.69. The minimum Gasteiger partial charge on any atom is -0.396 e. The summed E-state index contributed by atoms with van der Waals surface area (Å²) in [4.78, 5) is 10.5. The zero-order chi connectivity index (χ0) is 13.5. The highest BCUT2D eigenvalue weighted by atomic mass is 16.6. The van der Waals surface area contributed by atoms with Gasteiger partial charge in [0, 0.05) is 13.2 Å². The summed E-state index contributed by atoms with van der Waals surface area (Å²) in [7, 11) is 0. The molecule has 1 unspecified atom stereocenters. The zero-order valence-corrected chi connectivity index (χ0v) is 10.2. The number of nitro benzene ring substituents is 1. The van der Waals surface area contributed by atoms with Crippen LogP contribution in [0.3, 0.4) is 0 Å². The van der Waals surface area contributed by atoms with E-state index < -0.39 is 4.92 Å². The Bertz CT molecular complexity index is 411. The Labute approximate surface area is 105 Å². The summed E-state index contributed by atoms with van der Waals surface area (Å²) < 4.78 is 0. The molecule has 0 saturated carbocycles. The lowest BCUT2D eigenvalue weighted by Crippen LogP contribution is -2.15. The van der Waals surface area contributed by atoms with Gasteiger partial charge in [-0.15, -0.1) is 0 Å². The maximum atomic E-state index is 11.0. The predicted octanol–water partition coefficient (Wildman–Crippen LogP) is 1.31. The third-order valence-corrected chi connectivity index (χ3v) is 2.64. The van der Waals surface area contributed by atoms with Gasteiger partial charge in [-0.2, -0.15) is 0 Å². The van der Waals surface area contributed by atoms with Crippen molar-refractivity contribution in [1.82, 2.24) is 0 Å². The highest BCUT2D eigenvalue weighted by molar-refractivity contribution is 5.75. The lowest BCUT2D eigenvalue weighted by molar-refractivity contribution is -0.383. The van der Waals surface area contributed by atoms with Crippen LogP contribution >= 0.6 is 0 Å². The van der Waals surface area contributed by atoms with Gasteiger partial charge in [0.1, 0.15) is 11.4 Å². The molecule has 0 amide bonds. The number of hydrogen-bond acceptors (Lipinski definition) is 6. The van der Waals surface area contributed by atoms with Crippen LogP contribution in [0.25, 0.3) is 0 Å². The van der Waals surface area contributed by atoms with Crippen molar-refractivity contribution >= 4 is 17.1 Å². The number of nitrogens with two attached hydrogens (primary N) is 1. The molecule has 0 saturated heterocycles. The summed E-state index contributed by atoms with van der Waals surface area (Å²) >= 11 is 0. The van der Waals surface area contributed by atoms with Crippen LogP contribution < -0.4 is 16.6 Å². The summed E-state index contributed by atoms with van der Waals surface area (Å²) in [5.74, 6) is 5.47. The Morgan fingerprint density at radius 3 is 2.72 bits per heavy atom. The Balaban J connectivity index is 2.85. The lowest BCUT2D eigenvalue weighted by Gasteiger charge is -2.13. The molecule has 1 aromatic carbocycles. The van der Waals surface area contributed by atoms with Crippen molar-refractivity contribution in [3.8, 4) is 0 Å². The number of para-hydroxylation sites is 1. The van der Waals surface area contributed by atoms with E-state index in [2.05, 4.69) is 10.7 Å². The summed E-state index contributed by atoms with van der Waals surface area (Å²) in [6.45, 7) is 2.62. The van der Waals surface area contributed by atoms with Crippen molar-refractivity contribution in [3.63, 3.8) is 0 Å². The van der Waals surface area contributed by atoms with Gasteiger partial charge < -0.3 is 15.8 Å². The van der Waals surface area contributed by atoms with Crippen LogP contribution in [-0.2, 0) is 0 Å². The standard InChI is InChI=1S/C11H18N4O3/c1-8(5-6-16)7-13-9-3-2-4-10(14-12)11(9)15(17)18/h2-4,8,13-14,16H,5-7,12H2,1H3. The van der Waals surface area contributed by atoms with Gasteiger partial charge in [-0.1, -0.05) is 13.0 Å².